The van der Waals surface area contributed by atoms with E-state index in [9.17, 15) is 4.79 Å². The maximum Gasteiger partial charge on any atom is 0.247 e. The smallest absolute Gasteiger partial charge is 0.247 e. The van der Waals surface area contributed by atoms with Gasteiger partial charge in [0.2, 0.25) is 5.91 Å². The Morgan fingerprint density at radius 2 is 2.22 bits per heavy atom. The van der Waals surface area contributed by atoms with E-state index in [4.69, 9.17) is 5.73 Å². The SMILES string of the molecule is Cc1cccc(NC(C(N)=O)c2nc(C)cs2)c1. The summed E-state index contributed by atoms with van der Waals surface area (Å²) in [5.74, 6) is -0.425. The predicted octanol–water partition coefficient (Wildman–Crippen LogP) is 2.40. The Morgan fingerprint density at radius 3 is 2.78 bits per heavy atom. The number of nitrogens with one attached hydrogen (secondary N) is 1. The molecule has 1 amide bonds. The number of nitrogens with two attached hydrogens (primary N) is 1. The zero-order valence-corrected chi connectivity index (χ0v) is 11.1. The lowest BCUT2D eigenvalue weighted by molar-refractivity contribution is -0.118. The summed E-state index contributed by atoms with van der Waals surface area (Å²) < 4.78 is 0. The summed E-state index contributed by atoms with van der Waals surface area (Å²) >= 11 is 1.43. The van der Waals surface area contributed by atoms with Crippen molar-refractivity contribution in [3.8, 4) is 0 Å². The van der Waals surface area contributed by atoms with Crippen molar-refractivity contribution in [3.63, 3.8) is 0 Å². The van der Waals surface area contributed by atoms with Crippen LogP contribution in [0.15, 0.2) is 29.6 Å². The number of rotatable bonds is 4. The van der Waals surface area contributed by atoms with Crippen LogP contribution in [0, 0.1) is 13.8 Å². The number of benzene rings is 1. The van der Waals surface area contributed by atoms with Gasteiger partial charge in [-0.3, -0.25) is 4.79 Å². The standard InChI is InChI=1S/C13H15N3OS/c1-8-4-3-5-10(6-8)16-11(12(14)17)13-15-9(2)7-18-13/h3-7,11,16H,1-2H3,(H2,14,17). The molecule has 0 fully saturated rings. The molecule has 0 spiro atoms. The van der Waals surface area contributed by atoms with E-state index in [2.05, 4.69) is 10.3 Å². The first-order valence-electron chi connectivity index (χ1n) is 5.61. The topological polar surface area (TPSA) is 68.0 Å². The highest BCUT2D eigenvalue weighted by atomic mass is 32.1. The largest absolute Gasteiger partial charge is 0.368 e. The first kappa shape index (κ1) is 12.6. The number of anilines is 1. The zero-order valence-electron chi connectivity index (χ0n) is 10.3. The quantitative estimate of drug-likeness (QED) is 0.888. The van der Waals surface area contributed by atoms with Crippen LogP contribution in [0.4, 0.5) is 5.69 Å². The fourth-order valence-electron chi connectivity index (χ4n) is 1.66. The second-order valence-corrected chi connectivity index (χ2v) is 5.07. The number of nitrogens with zero attached hydrogens (tertiary/aromatic N) is 1. The summed E-state index contributed by atoms with van der Waals surface area (Å²) in [5, 5.41) is 5.72. The number of carbonyl (C=O) groups excluding carboxylic acids is 1. The Labute approximate surface area is 110 Å². The Kier molecular flexibility index (Phi) is 3.62. The number of hydrogen-bond donors (Lipinski definition) is 2. The van der Waals surface area contributed by atoms with Gasteiger partial charge in [0.1, 0.15) is 5.01 Å². The molecule has 0 aliphatic carbocycles. The van der Waals surface area contributed by atoms with Crippen molar-refractivity contribution in [2.75, 3.05) is 5.32 Å². The van der Waals surface area contributed by atoms with Crippen molar-refractivity contribution in [1.29, 1.82) is 0 Å². The van der Waals surface area contributed by atoms with Gasteiger partial charge in [0.25, 0.3) is 0 Å². The number of thiazole rings is 1. The van der Waals surface area contributed by atoms with Gasteiger partial charge in [-0.15, -0.1) is 11.3 Å². The molecule has 0 saturated carbocycles. The van der Waals surface area contributed by atoms with E-state index in [0.29, 0.717) is 5.01 Å². The van der Waals surface area contributed by atoms with Crippen molar-refractivity contribution in [1.82, 2.24) is 4.98 Å². The molecule has 0 aliphatic rings. The maximum atomic E-state index is 11.5. The zero-order chi connectivity index (χ0) is 13.1. The number of aryl methyl sites for hydroxylation is 2. The van der Waals surface area contributed by atoms with Gasteiger partial charge >= 0.3 is 0 Å². The molecule has 1 aromatic heterocycles. The average Bonchev–Trinajstić information content (AvgIpc) is 2.72. The van der Waals surface area contributed by atoms with Gasteiger partial charge < -0.3 is 11.1 Å². The van der Waals surface area contributed by atoms with Crippen molar-refractivity contribution in [2.24, 2.45) is 5.73 Å². The normalized spacial score (nSPS) is 12.1. The molecule has 0 radical (unpaired) electrons. The number of aromatic nitrogens is 1. The third-order valence-electron chi connectivity index (χ3n) is 2.50. The van der Waals surface area contributed by atoms with E-state index in [0.717, 1.165) is 16.9 Å². The number of carbonyl (C=O) groups is 1. The monoisotopic (exact) mass is 261 g/mol. The number of hydrogen-bond acceptors (Lipinski definition) is 4. The van der Waals surface area contributed by atoms with Crippen molar-refractivity contribution >= 4 is 22.9 Å². The lowest BCUT2D eigenvalue weighted by Gasteiger charge is -2.14. The maximum absolute atomic E-state index is 11.5. The lowest BCUT2D eigenvalue weighted by atomic mass is 10.2. The van der Waals surface area contributed by atoms with Crippen LogP contribution in [0.25, 0.3) is 0 Å². The summed E-state index contributed by atoms with van der Waals surface area (Å²) in [7, 11) is 0. The van der Waals surface area contributed by atoms with Gasteiger partial charge in [-0.05, 0) is 31.5 Å². The lowest BCUT2D eigenvalue weighted by Crippen LogP contribution is -2.27. The minimum atomic E-state index is -0.578. The second kappa shape index (κ2) is 5.18. The highest BCUT2D eigenvalue weighted by Gasteiger charge is 2.20. The van der Waals surface area contributed by atoms with Crippen LogP contribution in [-0.2, 0) is 4.79 Å². The summed E-state index contributed by atoms with van der Waals surface area (Å²) in [5.41, 5.74) is 8.32. The first-order chi connectivity index (χ1) is 8.56. The third kappa shape index (κ3) is 2.87. The van der Waals surface area contributed by atoms with E-state index < -0.39 is 11.9 Å². The van der Waals surface area contributed by atoms with Crippen molar-refractivity contribution in [3.05, 3.63) is 45.9 Å². The molecule has 0 aliphatic heterocycles. The van der Waals surface area contributed by atoms with Crippen molar-refractivity contribution < 1.29 is 4.79 Å². The minimum absolute atomic E-state index is 0.425. The molecule has 1 unspecified atom stereocenters. The summed E-state index contributed by atoms with van der Waals surface area (Å²) in [6.45, 7) is 3.89. The van der Waals surface area contributed by atoms with Crippen LogP contribution in [0.1, 0.15) is 22.3 Å². The molecular weight excluding hydrogens is 246 g/mol. The van der Waals surface area contributed by atoms with Crippen LogP contribution in [0.5, 0.6) is 0 Å². The highest BCUT2D eigenvalue weighted by Crippen LogP contribution is 2.23. The minimum Gasteiger partial charge on any atom is -0.368 e. The van der Waals surface area contributed by atoms with E-state index >= 15 is 0 Å². The molecule has 0 bridgehead atoms. The summed E-state index contributed by atoms with van der Waals surface area (Å²) in [4.78, 5) is 15.8. The highest BCUT2D eigenvalue weighted by molar-refractivity contribution is 7.09. The van der Waals surface area contributed by atoms with Crippen molar-refractivity contribution in [2.45, 2.75) is 19.9 Å². The molecule has 2 aromatic rings. The van der Waals surface area contributed by atoms with Crippen LogP contribution >= 0.6 is 11.3 Å². The van der Waals surface area contributed by atoms with Crippen LogP contribution in [0.3, 0.4) is 0 Å². The number of primary amides is 1. The Hall–Kier alpha value is -1.88. The van der Waals surface area contributed by atoms with Gasteiger partial charge in [-0.25, -0.2) is 4.98 Å². The van der Waals surface area contributed by atoms with Crippen LogP contribution < -0.4 is 11.1 Å². The Morgan fingerprint density at radius 1 is 1.44 bits per heavy atom. The molecule has 1 atom stereocenters. The van der Waals surface area contributed by atoms with Gasteiger partial charge in [0, 0.05) is 16.8 Å². The molecule has 4 nitrogen and oxygen atoms in total. The Balaban J connectivity index is 2.24. The average molecular weight is 261 g/mol. The van der Waals surface area contributed by atoms with E-state index in [1.165, 1.54) is 11.3 Å². The summed E-state index contributed by atoms with van der Waals surface area (Å²) in [6, 6.07) is 7.23. The first-order valence-corrected chi connectivity index (χ1v) is 6.49. The molecule has 5 heteroatoms. The van der Waals surface area contributed by atoms with Crippen LogP contribution in [0.2, 0.25) is 0 Å². The molecule has 2 rings (SSSR count). The predicted molar refractivity (Wildman–Crippen MR) is 73.6 cm³/mol. The molecular formula is C13H15N3OS. The Bertz CT molecular complexity index is 565. The molecule has 1 heterocycles. The molecule has 0 saturated heterocycles. The third-order valence-corrected chi connectivity index (χ3v) is 3.52. The number of amides is 1. The van der Waals surface area contributed by atoms with E-state index in [1.54, 1.807) is 0 Å². The van der Waals surface area contributed by atoms with Crippen LogP contribution in [-0.4, -0.2) is 10.9 Å². The van der Waals surface area contributed by atoms with Gasteiger partial charge in [0.05, 0.1) is 0 Å². The summed E-state index contributed by atoms with van der Waals surface area (Å²) in [6.07, 6.45) is 0. The van der Waals surface area contributed by atoms with E-state index in [-0.39, 0.29) is 0 Å². The molecule has 18 heavy (non-hydrogen) atoms. The molecule has 3 N–H and O–H groups in total. The van der Waals surface area contributed by atoms with E-state index in [1.807, 2.05) is 43.5 Å². The second-order valence-electron chi connectivity index (χ2n) is 4.18. The molecule has 1 aromatic carbocycles. The van der Waals surface area contributed by atoms with Gasteiger partial charge in [-0.2, -0.15) is 0 Å². The fraction of sp³-hybridized carbons (Fsp3) is 0.231. The van der Waals surface area contributed by atoms with Gasteiger partial charge in [-0.1, -0.05) is 12.1 Å². The fourth-order valence-corrected chi connectivity index (χ4v) is 2.51. The molecule has 94 valence electrons. The van der Waals surface area contributed by atoms with Gasteiger partial charge in [0.15, 0.2) is 6.04 Å².